The summed E-state index contributed by atoms with van der Waals surface area (Å²) in [5.74, 6) is -0.717. The van der Waals surface area contributed by atoms with E-state index in [9.17, 15) is 14.4 Å². The molecule has 0 radical (unpaired) electrons. The Balaban J connectivity index is 2.87. The maximum absolute atomic E-state index is 12.0. The molecule has 6 nitrogen and oxygen atoms in total. The van der Waals surface area contributed by atoms with Gasteiger partial charge in [0.1, 0.15) is 0 Å². The van der Waals surface area contributed by atoms with Gasteiger partial charge < -0.3 is 15.0 Å². The molecule has 126 valence electrons. The number of carbonyl (C=O) groups excluding carboxylic acids is 3. The standard InChI is InChI=1S/C17H24N2O4/c1-4-8-16(21)18-11-12-19(13(3)20)15-10-7-6-9-14(15)17(22)23-5-2/h6-7,9-10H,4-5,8,11-12H2,1-3H3,(H,18,21). The van der Waals surface area contributed by atoms with E-state index in [4.69, 9.17) is 4.74 Å². The fraction of sp³-hybridized carbons (Fsp3) is 0.471. The third-order valence-corrected chi connectivity index (χ3v) is 3.20. The molecule has 1 aromatic rings. The predicted molar refractivity (Wildman–Crippen MR) is 88.3 cm³/mol. The van der Waals surface area contributed by atoms with E-state index >= 15 is 0 Å². The van der Waals surface area contributed by atoms with E-state index in [1.165, 1.54) is 11.8 Å². The Kier molecular flexibility index (Phi) is 7.80. The van der Waals surface area contributed by atoms with E-state index in [0.29, 0.717) is 30.8 Å². The summed E-state index contributed by atoms with van der Waals surface area (Å²) in [5.41, 5.74) is 0.827. The summed E-state index contributed by atoms with van der Waals surface area (Å²) in [4.78, 5) is 36.9. The van der Waals surface area contributed by atoms with Crippen molar-refractivity contribution in [2.75, 3.05) is 24.6 Å². The number of hydrogen-bond acceptors (Lipinski definition) is 4. The number of carbonyl (C=O) groups is 3. The van der Waals surface area contributed by atoms with Crippen LogP contribution in [0.2, 0.25) is 0 Å². The average molecular weight is 320 g/mol. The van der Waals surface area contributed by atoms with Gasteiger partial charge in [-0.2, -0.15) is 0 Å². The predicted octanol–water partition coefficient (Wildman–Crippen LogP) is 2.13. The van der Waals surface area contributed by atoms with Crippen molar-refractivity contribution in [1.29, 1.82) is 0 Å². The summed E-state index contributed by atoms with van der Waals surface area (Å²) >= 11 is 0. The molecular weight excluding hydrogens is 296 g/mol. The van der Waals surface area contributed by atoms with Crippen LogP contribution in [0.5, 0.6) is 0 Å². The molecule has 1 aromatic carbocycles. The van der Waals surface area contributed by atoms with E-state index in [-0.39, 0.29) is 18.4 Å². The van der Waals surface area contributed by atoms with Crippen molar-refractivity contribution in [3.63, 3.8) is 0 Å². The Morgan fingerprint density at radius 2 is 1.87 bits per heavy atom. The first kappa shape index (κ1) is 18.7. The van der Waals surface area contributed by atoms with Crippen LogP contribution in [0.4, 0.5) is 5.69 Å². The summed E-state index contributed by atoms with van der Waals surface area (Å²) in [6.07, 6.45) is 1.23. The lowest BCUT2D eigenvalue weighted by Gasteiger charge is -2.23. The number of para-hydroxylation sites is 1. The minimum absolute atomic E-state index is 0.0466. The topological polar surface area (TPSA) is 75.7 Å². The van der Waals surface area contributed by atoms with Gasteiger partial charge in [-0.15, -0.1) is 0 Å². The van der Waals surface area contributed by atoms with Crippen LogP contribution in [0.15, 0.2) is 24.3 Å². The largest absolute Gasteiger partial charge is 0.462 e. The van der Waals surface area contributed by atoms with Crippen molar-refractivity contribution in [1.82, 2.24) is 5.32 Å². The van der Waals surface area contributed by atoms with Gasteiger partial charge in [-0.3, -0.25) is 9.59 Å². The first-order valence-corrected chi connectivity index (χ1v) is 7.82. The number of rotatable bonds is 8. The zero-order chi connectivity index (χ0) is 17.2. The second-order valence-electron chi connectivity index (χ2n) is 5.01. The lowest BCUT2D eigenvalue weighted by molar-refractivity contribution is -0.121. The monoisotopic (exact) mass is 320 g/mol. The molecule has 2 amide bonds. The van der Waals surface area contributed by atoms with Crippen LogP contribution in [-0.2, 0) is 14.3 Å². The van der Waals surface area contributed by atoms with E-state index in [1.54, 1.807) is 31.2 Å². The van der Waals surface area contributed by atoms with Gasteiger partial charge in [0.05, 0.1) is 17.9 Å². The summed E-state index contributed by atoms with van der Waals surface area (Å²) < 4.78 is 5.03. The molecular formula is C17H24N2O4. The van der Waals surface area contributed by atoms with Crippen LogP contribution in [-0.4, -0.2) is 37.5 Å². The van der Waals surface area contributed by atoms with Crippen LogP contribution >= 0.6 is 0 Å². The molecule has 0 saturated heterocycles. The van der Waals surface area contributed by atoms with Crippen molar-refractivity contribution >= 4 is 23.5 Å². The van der Waals surface area contributed by atoms with Gasteiger partial charge in [-0.05, 0) is 25.5 Å². The Labute approximate surface area is 136 Å². The minimum atomic E-state index is -0.468. The molecule has 0 heterocycles. The fourth-order valence-electron chi connectivity index (χ4n) is 2.16. The Morgan fingerprint density at radius 1 is 1.17 bits per heavy atom. The molecule has 6 heteroatoms. The SMILES string of the molecule is CCCC(=O)NCCN(C(C)=O)c1ccccc1C(=O)OCC. The fourth-order valence-corrected chi connectivity index (χ4v) is 2.16. The zero-order valence-corrected chi connectivity index (χ0v) is 13.9. The molecule has 0 aliphatic carbocycles. The third-order valence-electron chi connectivity index (χ3n) is 3.20. The number of nitrogens with one attached hydrogen (secondary N) is 1. The Bertz CT molecular complexity index is 557. The highest BCUT2D eigenvalue weighted by Crippen LogP contribution is 2.21. The Hall–Kier alpha value is -2.37. The van der Waals surface area contributed by atoms with E-state index in [2.05, 4.69) is 5.32 Å². The van der Waals surface area contributed by atoms with E-state index in [1.807, 2.05) is 6.92 Å². The average Bonchev–Trinajstić information content (AvgIpc) is 2.52. The van der Waals surface area contributed by atoms with Gasteiger partial charge in [0.2, 0.25) is 11.8 Å². The maximum atomic E-state index is 12.0. The lowest BCUT2D eigenvalue weighted by atomic mass is 10.1. The van der Waals surface area contributed by atoms with Gasteiger partial charge >= 0.3 is 5.97 Å². The molecule has 0 atom stereocenters. The normalized spacial score (nSPS) is 10.0. The van der Waals surface area contributed by atoms with Crippen LogP contribution in [0.1, 0.15) is 44.0 Å². The second kappa shape index (κ2) is 9.61. The lowest BCUT2D eigenvalue weighted by Crippen LogP contribution is -2.38. The van der Waals surface area contributed by atoms with Crippen LogP contribution < -0.4 is 10.2 Å². The van der Waals surface area contributed by atoms with Gasteiger partial charge in [0, 0.05) is 26.4 Å². The van der Waals surface area contributed by atoms with Gasteiger partial charge in [-0.1, -0.05) is 19.1 Å². The zero-order valence-electron chi connectivity index (χ0n) is 13.9. The molecule has 1 N–H and O–H groups in total. The molecule has 0 aromatic heterocycles. The first-order valence-electron chi connectivity index (χ1n) is 7.82. The molecule has 0 spiro atoms. The molecule has 0 fully saturated rings. The van der Waals surface area contributed by atoms with Crippen molar-refractivity contribution in [3.8, 4) is 0 Å². The highest BCUT2D eigenvalue weighted by Gasteiger charge is 2.19. The molecule has 23 heavy (non-hydrogen) atoms. The smallest absolute Gasteiger partial charge is 0.340 e. The molecule has 1 rings (SSSR count). The van der Waals surface area contributed by atoms with Crippen LogP contribution in [0, 0.1) is 0 Å². The molecule has 0 aliphatic rings. The summed E-state index contributed by atoms with van der Waals surface area (Å²) in [6.45, 7) is 5.97. The second-order valence-corrected chi connectivity index (χ2v) is 5.01. The van der Waals surface area contributed by atoms with E-state index in [0.717, 1.165) is 6.42 Å². The summed E-state index contributed by atoms with van der Waals surface area (Å²) in [6, 6.07) is 6.79. The van der Waals surface area contributed by atoms with Crippen LogP contribution in [0.25, 0.3) is 0 Å². The third kappa shape index (κ3) is 5.73. The molecule has 0 unspecified atom stereocenters. The number of hydrogen-bond donors (Lipinski definition) is 1. The molecule has 0 aliphatic heterocycles. The van der Waals surface area contributed by atoms with Crippen molar-refractivity contribution < 1.29 is 19.1 Å². The number of benzene rings is 1. The minimum Gasteiger partial charge on any atom is -0.462 e. The number of esters is 1. The molecule has 0 saturated carbocycles. The first-order chi connectivity index (χ1) is 11.0. The van der Waals surface area contributed by atoms with E-state index < -0.39 is 5.97 Å². The van der Waals surface area contributed by atoms with Crippen molar-refractivity contribution in [2.45, 2.75) is 33.6 Å². The summed E-state index contributed by atoms with van der Waals surface area (Å²) in [7, 11) is 0. The molecule has 0 bridgehead atoms. The number of anilines is 1. The maximum Gasteiger partial charge on any atom is 0.340 e. The van der Waals surface area contributed by atoms with Crippen molar-refractivity contribution in [3.05, 3.63) is 29.8 Å². The van der Waals surface area contributed by atoms with Gasteiger partial charge in [0.15, 0.2) is 0 Å². The quantitative estimate of drug-likeness (QED) is 0.745. The Morgan fingerprint density at radius 3 is 2.48 bits per heavy atom. The highest BCUT2D eigenvalue weighted by atomic mass is 16.5. The highest BCUT2D eigenvalue weighted by molar-refractivity contribution is 6.02. The number of ether oxygens (including phenoxy) is 1. The summed E-state index contributed by atoms with van der Waals surface area (Å²) in [5, 5.41) is 2.76. The number of nitrogens with zero attached hydrogens (tertiary/aromatic N) is 1. The van der Waals surface area contributed by atoms with Gasteiger partial charge in [0.25, 0.3) is 0 Å². The van der Waals surface area contributed by atoms with Gasteiger partial charge in [-0.25, -0.2) is 4.79 Å². The number of amides is 2. The van der Waals surface area contributed by atoms with Crippen LogP contribution in [0.3, 0.4) is 0 Å². The van der Waals surface area contributed by atoms with Crippen molar-refractivity contribution in [2.24, 2.45) is 0 Å².